The van der Waals surface area contributed by atoms with Gasteiger partial charge in [-0.1, -0.05) is 11.6 Å². The lowest BCUT2D eigenvalue weighted by atomic mass is 10.2. The average Bonchev–Trinajstić information content (AvgIpc) is 2.50. The Morgan fingerprint density at radius 3 is 2.52 bits per heavy atom. The molecule has 0 radical (unpaired) electrons. The van der Waals surface area contributed by atoms with Crippen LogP contribution < -0.4 is 10.2 Å². The van der Waals surface area contributed by atoms with Gasteiger partial charge in [0.1, 0.15) is 5.82 Å². The highest BCUT2D eigenvalue weighted by atomic mass is 35.5. The molecule has 2 rings (SSSR count). The summed E-state index contributed by atoms with van der Waals surface area (Å²) in [4.78, 5) is 15.0. The lowest BCUT2D eigenvalue weighted by molar-refractivity contribution is 0.628. The molecule has 0 spiro atoms. The van der Waals surface area contributed by atoms with Crippen LogP contribution in [-0.2, 0) is 0 Å². The first-order valence-electron chi connectivity index (χ1n) is 6.73. The maximum absolute atomic E-state index is 13.5. The molecule has 0 aliphatic heterocycles. The summed E-state index contributed by atoms with van der Waals surface area (Å²) in [6.07, 6.45) is 0. The summed E-state index contributed by atoms with van der Waals surface area (Å²) in [6.45, 7) is 5.56. The lowest BCUT2D eigenvalue weighted by Crippen LogP contribution is -2.25. The molecule has 0 saturated carbocycles. The number of nitrogens with one attached hydrogen (secondary N) is 1. The van der Waals surface area contributed by atoms with Gasteiger partial charge < -0.3 is 10.2 Å². The first-order chi connectivity index (χ1) is 10.1. The maximum Gasteiger partial charge on any atom is 0.230 e. The van der Waals surface area contributed by atoms with Crippen molar-refractivity contribution in [3.8, 4) is 11.4 Å². The predicted molar refractivity (Wildman–Crippen MR) is 83.3 cm³/mol. The van der Waals surface area contributed by atoms with Gasteiger partial charge in [-0.05, 0) is 32.0 Å². The highest BCUT2D eigenvalue weighted by Crippen LogP contribution is 2.27. The van der Waals surface area contributed by atoms with Crippen LogP contribution in [0, 0.1) is 5.82 Å². The van der Waals surface area contributed by atoms with E-state index < -0.39 is 0 Å². The van der Waals surface area contributed by atoms with Gasteiger partial charge >= 0.3 is 0 Å². The Bertz CT molecular complexity index is 631. The molecular weight excluding hydrogens is 293 g/mol. The second kappa shape index (κ2) is 6.67. The van der Waals surface area contributed by atoms with E-state index in [4.69, 9.17) is 11.6 Å². The second-order valence-corrected chi connectivity index (χ2v) is 4.74. The Morgan fingerprint density at radius 1 is 1.19 bits per heavy atom. The summed E-state index contributed by atoms with van der Waals surface area (Å²) >= 11 is 6.12. The van der Waals surface area contributed by atoms with E-state index in [0.717, 1.165) is 13.1 Å². The highest BCUT2D eigenvalue weighted by molar-refractivity contribution is 6.33. The number of rotatable bonds is 5. The number of aromatic nitrogens is 3. The highest BCUT2D eigenvalue weighted by Gasteiger charge is 2.14. The summed E-state index contributed by atoms with van der Waals surface area (Å²) in [5.74, 6) is 0.919. The minimum atomic E-state index is -0.384. The zero-order valence-corrected chi connectivity index (χ0v) is 12.9. The molecule has 0 bridgehead atoms. The fourth-order valence-corrected chi connectivity index (χ4v) is 2.12. The van der Waals surface area contributed by atoms with Crippen LogP contribution in [0.1, 0.15) is 13.8 Å². The summed E-state index contributed by atoms with van der Waals surface area (Å²) in [6, 6.07) is 4.12. The summed E-state index contributed by atoms with van der Waals surface area (Å²) in [5.41, 5.74) is 0.448. The van der Waals surface area contributed by atoms with E-state index in [1.807, 2.05) is 18.7 Å². The minimum absolute atomic E-state index is 0.348. The van der Waals surface area contributed by atoms with Crippen LogP contribution in [0.5, 0.6) is 0 Å². The van der Waals surface area contributed by atoms with Gasteiger partial charge in [-0.25, -0.2) is 4.39 Å². The van der Waals surface area contributed by atoms with Crippen molar-refractivity contribution in [2.75, 3.05) is 30.4 Å². The Labute approximate surface area is 128 Å². The van der Waals surface area contributed by atoms with Crippen LogP contribution in [-0.4, -0.2) is 35.1 Å². The molecule has 1 heterocycles. The molecule has 5 nitrogen and oxygen atoms in total. The van der Waals surface area contributed by atoms with Crippen molar-refractivity contribution in [2.24, 2.45) is 0 Å². The van der Waals surface area contributed by atoms with Gasteiger partial charge in [0.25, 0.3) is 0 Å². The standard InChI is InChI=1S/C14H17ClFN5/c1-4-21(5-2)14-19-12(18-13(17-3)20-14)10-8-9(16)6-7-11(10)15/h6-8H,4-5H2,1-3H3,(H,17,18,19,20). The molecule has 0 saturated heterocycles. The van der Waals surface area contributed by atoms with Gasteiger partial charge in [0.05, 0.1) is 5.02 Å². The molecule has 1 N–H and O–H groups in total. The van der Waals surface area contributed by atoms with Gasteiger partial charge in [-0.15, -0.1) is 0 Å². The van der Waals surface area contributed by atoms with Crippen molar-refractivity contribution < 1.29 is 4.39 Å². The minimum Gasteiger partial charge on any atom is -0.357 e. The van der Waals surface area contributed by atoms with Crippen LogP contribution in [0.25, 0.3) is 11.4 Å². The van der Waals surface area contributed by atoms with E-state index in [-0.39, 0.29) is 5.82 Å². The molecule has 21 heavy (non-hydrogen) atoms. The normalized spacial score (nSPS) is 10.5. The van der Waals surface area contributed by atoms with E-state index >= 15 is 0 Å². The number of hydrogen-bond acceptors (Lipinski definition) is 5. The largest absolute Gasteiger partial charge is 0.357 e. The van der Waals surface area contributed by atoms with Gasteiger partial charge in [0.2, 0.25) is 11.9 Å². The van der Waals surface area contributed by atoms with Crippen LogP contribution >= 0.6 is 11.6 Å². The molecule has 0 fully saturated rings. The van der Waals surface area contributed by atoms with Crippen molar-refractivity contribution in [3.05, 3.63) is 29.0 Å². The molecular formula is C14H17ClFN5. The van der Waals surface area contributed by atoms with E-state index in [9.17, 15) is 4.39 Å². The van der Waals surface area contributed by atoms with Gasteiger partial charge in [0, 0.05) is 25.7 Å². The Morgan fingerprint density at radius 2 is 1.90 bits per heavy atom. The average molecular weight is 310 g/mol. The summed E-state index contributed by atoms with van der Waals surface area (Å²) < 4.78 is 13.5. The molecule has 0 unspecified atom stereocenters. The van der Waals surface area contributed by atoms with E-state index in [2.05, 4.69) is 20.3 Å². The van der Waals surface area contributed by atoms with E-state index in [0.29, 0.717) is 28.3 Å². The van der Waals surface area contributed by atoms with Crippen LogP contribution in [0.4, 0.5) is 16.3 Å². The molecule has 1 aromatic carbocycles. The quantitative estimate of drug-likeness (QED) is 0.919. The topological polar surface area (TPSA) is 53.9 Å². The Balaban J connectivity index is 2.57. The molecule has 7 heteroatoms. The van der Waals surface area contributed by atoms with Crippen molar-refractivity contribution in [1.29, 1.82) is 0 Å². The number of benzene rings is 1. The maximum atomic E-state index is 13.5. The molecule has 0 atom stereocenters. The molecule has 112 valence electrons. The number of halogens is 2. The van der Waals surface area contributed by atoms with E-state index in [1.54, 1.807) is 7.05 Å². The van der Waals surface area contributed by atoms with Crippen molar-refractivity contribution in [2.45, 2.75) is 13.8 Å². The zero-order chi connectivity index (χ0) is 15.4. The van der Waals surface area contributed by atoms with Crippen LogP contribution in [0.15, 0.2) is 18.2 Å². The van der Waals surface area contributed by atoms with Crippen molar-refractivity contribution >= 4 is 23.5 Å². The fraction of sp³-hybridized carbons (Fsp3) is 0.357. The monoisotopic (exact) mass is 309 g/mol. The Kier molecular flexibility index (Phi) is 4.90. The van der Waals surface area contributed by atoms with Crippen LogP contribution in [0.2, 0.25) is 5.02 Å². The molecule has 1 aromatic heterocycles. The second-order valence-electron chi connectivity index (χ2n) is 4.33. The third-order valence-electron chi connectivity index (χ3n) is 3.06. The van der Waals surface area contributed by atoms with Crippen molar-refractivity contribution in [3.63, 3.8) is 0 Å². The van der Waals surface area contributed by atoms with Gasteiger partial charge in [0.15, 0.2) is 5.82 Å². The SMILES string of the molecule is CCN(CC)c1nc(NC)nc(-c2cc(F)ccc2Cl)n1. The van der Waals surface area contributed by atoms with Crippen LogP contribution in [0.3, 0.4) is 0 Å². The van der Waals surface area contributed by atoms with E-state index in [1.165, 1.54) is 18.2 Å². The first kappa shape index (κ1) is 15.4. The molecule has 0 aliphatic rings. The smallest absolute Gasteiger partial charge is 0.230 e. The molecule has 2 aromatic rings. The number of anilines is 2. The number of nitrogens with zero attached hydrogens (tertiary/aromatic N) is 4. The lowest BCUT2D eigenvalue weighted by Gasteiger charge is -2.19. The molecule has 0 amide bonds. The summed E-state index contributed by atoms with van der Waals surface area (Å²) in [5, 5.41) is 3.29. The molecule has 0 aliphatic carbocycles. The Hall–Kier alpha value is -1.95. The van der Waals surface area contributed by atoms with Gasteiger partial charge in [-0.3, -0.25) is 0 Å². The zero-order valence-electron chi connectivity index (χ0n) is 12.2. The van der Waals surface area contributed by atoms with Gasteiger partial charge in [-0.2, -0.15) is 15.0 Å². The predicted octanol–water partition coefficient (Wildman–Crippen LogP) is 3.22. The number of hydrogen-bond donors (Lipinski definition) is 1. The fourth-order valence-electron chi connectivity index (χ4n) is 1.91. The van der Waals surface area contributed by atoms with Crippen molar-refractivity contribution in [1.82, 2.24) is 15.0 Å². The summed E-state index contributed by atoms with van der Waals surface area (Å²) in [7, 11) is 1.72. The third kappa shape index (κ3) is 3.39. The third-order valence-corrected chi connectivity index (χ3v) is 3.39. The first-order valence-corrected chi connectivity index (χ1v) is 7.11.